The van der Waals surface area contributed by atoms with E-state index in [0.29, 0.717) is 31.1 Å². The van der Waals surface area contributed by atoms with Crippen molar-refractivity contribution >= 4 is 16.0 Å². The number of carbonyl (C=O) groups excluding carboxylic acids is 1. The molecule has 0 saturated carbocycles. The Hall–Kier alpha value is -3.37. The zero-order valence-corrected chi connectivity index (χ0v) is 18.2. The van der Waals surface area contributed by atoms with Crippen molar-refractivity contribution in [2.75, 3.05) is 13.2 Å². The average molecular weight is 458 g/mol. The second-order valence-electron chi connectivity index (χ2n) is 7.23. The third-order valence-corrected chi connectivity index (χ3v) is 6.34. The zero-order chi connectivity index (χ0) is 22.6. The predicted molar refractivity (Wildman–Crippen MR) is 115 cm³/mol. The SMILES string of the molecule is C[C@@H](NS(=O)(=O)c1ccc2c(c1)OCCCO2)C(=O)OCc1ccc(-n2cccn2)cc1. The lowest BCUT2D eigenvalue weighted by Gasteiger charge is -2.15. The van der Waals surface area contributed by atoms with Gasteiger partial charge < -0.3 is 14.2 Å². The third-order valence-electron chi connectivity index (χ3n) is 4.80. The van der Waals surface area contributed by atoms with Gasteiger partial charge in [0.25, 0.3) is 0 Å². The van der Waals surface area contributed by atoms with E-state index in [0.717, 1.165) is 11.3 Å². The lowest BCUT2D eigenvalue weighted by atomic mass is 10.2. The first-order valence-corrected chi connectivity index (χ1v) is 11.6. The maximum atomic E-state index is 12.7. The fourth-order valence-corrected chi connectivity index (χ4v) is 4.31. The number of rotatable bonds is 7. The minimum Gasteiger partial charge on any atom is -0.490 e. The number of esters is 1. The number of benzene rings is 2. The molecule has 0 unspecified atom stereocenters. The second-order valence-corrected chi connectivity index (χ2v) is 8.94. The summed E-state index contributed by atoms with van der Waals surface area (Å²) >= 11 is 0. The summed E-state index contributed by atoms with van der Waals surface area (Å²) in [5, 5.41) is 4.15. The van der Waals surface area contributed by atoms with Gasteiger partial charge in [-0.3, -0.25) is 4.79 Å². The Morgan fingerprint density at radius 2 is 1.91 bits per heavy atom. The van der Waals surface area contributed by atoms with E-state index in [1.165, 1.54) is 19.1 Å². The molecule has 3 aromatic rings. The monoisotopic (exact) mass is 457 g/mol. The lowest BCUT2D eigenvalue weighted by Crippen LogP contribution is -2.39. The molecular weight excluding hydrogens is 434 g/mol. The van der Waals surface area contributed by atoms with Crippen LogP contribution in [-0.2, 0) is 26.2 Å². The van der Waals surface area contributed by atoms with Crippen molar-refractivity contribution in [1.82, 2.24) is 14.5 Å². The molecule has 1 aliphatic rings. The van der Waals surface area contributed by atoms with Gasteiger partial charge in [0, 0.05) is 24.9 Å². The van der Waals surface area contributed by atoms with Crippen molar-refractivity contribution in [3.05, 3.63) is 66.5 Å². The molecule has 1 aromatic heterocycles. The van der Waals surface area contributed by atoms with Crippen LogP contribution in [0.2, 0.25) is 0 Å². The van der Waals surface area contributed by atoms with Crippen molar-refractivity contribution in [3.8, 4) is 17.2 Å². The molecule has 0 saturated heterocycles. The molecule has 1 atom stereocenters. The predicted octanol–water partition coefficient (Wildman–Crippen LogP) is 2.44. The fraction of sp³-hybridized carbons (Fsp3) is 0.273. The summed E-state index contributed by atoms with van der Waals surface area (Å²) in [5.41, 5.74) is 1.65. The molecule has 4 rings (SSSR count). The van der Waals surface area contributed by atoms with Crippen LogP contribution in [0.1, 0.15) is 18.9 Å². The molecule has 1 N–H and O–H groups in total. The summed E-state index contributed by atoms with van der Waals surface area (Å²) in [5.74, 6) is 0.172. The molecule has 2 heterocycles. The van der Waals surface area contributed by atoms with Crippen LogP contribution in [0.4, 0.5) is 0 Å². The van der Waals surface area contributed by atoms with Gasteiger partial charge in [-0.2, -0.15) is 9.82 Å². The molecule has 9 nitrogen and oxygen atoms in total. The van der Waals surface area contributed by atoms with Crippen molar-refractivity contribution in [2.45, 2.75) is 30.9 Å². The first-order valence-electron chi connectivity index (χ1n) is 10.1. The Bertz CT molecular complexity index is 1180. The Morgan fingerprint density at radius 1 is 1.16 bits per heavy atom. The minimum absolute atomic E-state index is 0.0180. The highest BCUT2D eigenvalue weighted by molar-refractivity contribution is 7.89. The quantitative estimate of drug-likeness (QED) is 0.543. The number of aromatic nitrogens is 2. The number of ether oxygens (including phenoxy) is 3. The van der Waals surface area contributed by atoms with E-state index in [4.69, 9.17) is 14.2 Å². The molecule has 2 aromatic carbocycles. The largest absolute Gasteiger partial charge is 0.490 e. The van der Waals surface area contributed by atoms with Gasteiger partial charge in [-0.25, -0.2) is 13.1 Å². The average Bonchev–Trinajstić information content (AvgIpc) is 3.22. The van der Waals surface area contributed by atoms with Crippen LogP contribution in [0.25, 0.3) is 5.69 Å². The number of hydrogen-bond acceptors (Lipinski definition) is 7. The van der Waals surface area contributed by atoms with Crippen molar-refractivity contribution in [3.63, 3.8) is 0 Å². The second kappa shape index (κ2) is 9.41. The summed E-state index contributed by atoms with van der Waals surface area (Å²) < 4.78 is 45.8. The van der Waals surface area contributed by atoms with Crippen molar-refractivity contribution < 1.29 is 27.4 Å². The standard InChI is InChI=1S/C22H23N3O6S/c1-16(22(26)31-15-17-4-6-18(7-5-17)25-11-2-10-23-25)24-32(27,28)19-8-9-20-21(14-19)30-13-3-12-29-20/h2,4-11,14,16,24H,3,12-13,15H2,1H3/t16-/m1/s1. The number of fused-ring (bicyclic) bond motifs is 1. The van der Waals surface area contributed by atoms with E-state index in [2.05, 4.69) is 9.82 Å². The number of nitrogens with zero attached hydrogens (tertiary/aromatic N) is 2. The Kier molecular flexibility index (Phi) is 6.42. The van der Waals surface area contributed by atoms with Gasteiger partial charge in [0.15, 0.2) is 11.5 Å². The molecule has 0 bridgehead atoms. The van der Waals surface area contributed by atoms with Crippen molar-refractivity contribution in [1.29, 1.82) is 0 Å². The maximum Gasteiger partial charge on any atom is 0.324 e. The minimum atomic E-state index is -3.96. The molecule has 0 radical (unpaired) electrons. The highest BCUT2D eigenvalue weighted by Gasteiger charge is 2.25. The number of carbonyl (C=O) groups is 1. The van der Waals surface area contributed by atoms with Gasteiger partial charge in [-0.1, -0.05) is 12.1 Å². The molecule has 10 heteroatoms. The van der Waals surface area contributed by atoms with Crippen molar-refractivity contribution in [2.24, 2.45) is 0 Å². The number of sulfonamides is 1. The van der Waals surface area contributed by atoms with Gasteiger partial charge in [0.1, 0.15) is 12.6 Å². The molecular formula is C22H23N3O6S. The van der Waals surface area contributed by atoms with Crippen LogP contribution < -0.4 is 14.2 Å². The molecule has 32 heavy (non-hydrogen) atoms. The molecule has 168 valence electrons. The molecule has 0 spiro atoms. The van der Waals surface area contributed by atoms with E-state index < -0.39 is 22.0 Å². The Balaban J connectivity index is 1.35. The van der Waals surface area contributed by atoms with Crippen LogP contribution in [0.15, 0.2) is 65.8 Å². The Labute approximate surface area is 186 Å². The smallest absolute Gasteiger partial charge is 0.324 e. The number of nitrogens with one attached hydrogen (secondary N) is 1. The molecule has 0 amide bonds. The summed E-state index contributed by atoms with van der Waals surface area (Å²) in [6, 6.07) is 12.4. The molecule has 0 fully saturated rings. The van der Waals surface area contributed by atoms with Gasteiger partial charge >= 0.3 is 5.97 Å². The first-order chi connectivity index (χ1) is 15.4. The van der Waals surface area contributed by atoms with Gasteiger partial charge in [0.2, 0.25) is 10.0 Å². The lowest BCUT2D eigenvalue weighted by molar-refractivity contribution is -0.146. The van der Waals surface area contributed by atoms with E-state index >= 15 is 0 Å². The van der Waals surface area contributed by atoms with E-state index in [9.17, 15) is 13.2 Å². The maximum absolute atomic E-state index is 12.7. The van der Waals surface area contributed by atoms with Crippen LogP contribution in [0.5, 0.6) is 11.5 Å². The van der Waals surface area contributed by atoms with E-state index in [1.54, 1.807) is 16.9 Å². The summed E-state index contributed by atoms with van der Waals surface area (Å²) in [6.45, 7) is 2.40. The van der Waals surface area contributed by atoms with Gasteiger partial charge in [0.05, 0.1) is 23.8 Å². The third kappa shape index (κ3) is 5.09. The van der Waals surface area contributed by atoms with Gasteiger partial charge in [-0.15, -0.1) is 0 Å². The fourth-order valence-electron chi connectivity index (χ4n) is 3.11. The first kappa shape index (κ1) is 21.8. The highest BCUT2D eigenvalue weighted by atomic mass is 32.2. The Morgan fingerprint density at radius 3 is 2.62 bits per heavy atom. The van der Waals surface area contributed by atoms with Crippen LogP contribution >= 0.6 is 0 Å². The summed E-state index contributed by atoms with van der Waals surface area (Å²) in [7, 11) is -3.96. The zero-order valence-electron chi connectivity index (χ0n) is 17.4. The van der Waals surface area contributed by atoms with Crippen LogP contribution in [-0.4, -0.2) is 43.4 Å². The number of hydrogen-bond donors (Lipinski definition) is 1. The molecule has 1 aliphatic heterocycles. The topological polar surface area (TPSA) is 109 Å². The summed E-state index contributed by atoms with van der Waals surface area (Å²) in [4.78, 5) is 12.3. The van der Waals surface area contributed by atoms with E-state index in [-0.39, 0.29) is 11.5 Å². The van der Waals surface area contributed by atoms with Crippen LogP contribution in [0, 0.1) is 0 Å². The van der Waals surface area contributed by atoms with Crippen LogP contribution in [0.3, 0.4) is 0 Å². The normalized spacial score (nSPS) is 14.4. The molecule has 0 aliphatic carbocycles. The summed E-state index contributed by atoms with van der Waals surface area (Å²) in [6.07, 6.45) is 4.22. The van der Waals surface area contributed by atoms with E-state index in [1.807, 2.05) is 36.5 Å². The van der Waals surface area contributed by atoms with Gasteiger partial charge in [-0.05, 0) is 42.8 Å². The highest BCUT2D eigenvalue weighted by Crippen LogP contribution is 2.31.